The molecule has 2 aromatic carbocycles. The maximum absolute atomic E-state index is 13.5. The van der Waals surface area contributed by atoms with Crippen LogP contribution in [0.5, 0.6) is 5.75 Å². The van der Waals surface area contributed by atoms with Crippen LogP contribution in [0.15, 0.2) is 67.1 Å². The molecule has 0 aliphatic carbocycles. The predicted molar refractivity (Wildman–Crippen MR) is 151 cm³/mol. The fourth-order valence-corrected chi connectivity index (χ4v) is 5.06. The van der Waals surface area contributed by atoms with E-state index >= 15 is 0 Å². The molecule has 0 atom stereocenters. The van der Waals surface area contributed by atoms with Crippen molar-refractivity contribution in [2.24, 2.45) is 0 Å². The van der Waals surface area contributed by atoms with E-state index in [1.807, 2.05) is 6.07 Å². The number of nitrogens with one attached hydrogen (secondary N) is 1. The lowest BCUT2D eigenvalue weighted by atomic mass is 10.1. The van der Waals surface area contributed by atoms with Crippen molar-refractivity contribution in [3.8, 4) is 22.8 Å². The first-order valence-corrected chi connectivity index (χ1v) is 13.4. The number of ether oxygens (including phenoxy) is 1. The van der Waals surface area contributed by atoms with Gasteiger partial charge in [0, 0.05) is 50.2 Å². The number of ketones is 1. The molecule has 1 aliphatic heterocycles. The van der Waals surface area contributed by atoms with Gasteiger partial charge in [-0.2, -0.15) is 18.3 Å². The quantitative estimate of drug-likeness (QED) is 0.231. The van der Waals surface area contributed by atoms with Crippen LogP contribution in [0, 0.1) is 12.1 Å². The van der Waals surface area contributed by atoms with Crippen molar-refractivity contribution in [3.05, 3.63) is 95.9 Å². The van der Waals surface area contributed by atoms with Crippen LogP contribution in [0.2, 0.25) is 0 Å². The summed E-state index contributed by atoms with van der Waals surface area (Å²) in [4.78, 5) is 50.0. The van der Waals surface area contributed by atoms with Crippen molar-refractivity contribution in [1.82, 2.24) is 29.5 Å². The lowest BCUT2D eigenvalue weighted by Gasteiger charge is -2.34. The van der Waals surface area contributed by atoms with Gasteiger partial charge in [-0.05, 0) is 24.3 Å². The van der Waals surface area contributed by atoms with Crippen molar-refractivity contribution in [2.45, 2.75) is 6.18 Å². The zero-order valence-electron chi connectivity index (χ0n) is 23.2. The summed E-state index contributed by atoms with van der Waals surface area (Å²) in [6.07, 6.45) is -0.300. The number of rotatable bonds is 6. The van der Waals surface area contributed by atoms with Crippen LogP contribution in [0.25, 0.3) is 28.0 Å². The number of Topliss-reactive ketones (excluding diaryl/α,β-unsaturated/α-hetero) is 1. The third kappa shape index (κ3) is 5.22. The molecule has 10 nitrogen and oxygen atoms in total. The highest BCUT2D eigenvalue weighted by Crippen LogP contribution is 2.33. The van der Waals surface area contributed by atoms with Gasteiger partial charge in [-0.15, -0.1) is 0 Å². The molecule has 0 radical (unpaired) electrons. The molecule has 4 heterocycles. The van der Waals surface area contributed by atoms with Gasteiger partial charge in [-0.25, -0.2) is 9.67 Å². The topological polar surface area (TPSA) is 113 Å². The maximum Gasteiger partial charge on any atom is 0.417 e. The first-order valence-electron chi connectivity index (χ1n) is 13.4. The fourth-order valence-electron chi connectivity index (χ4n) is 5.06. The Morgan fingerprint density at radius 3 is 2.45 bits per heavy atom. The third-order valence-electron chi connectivity index (χ3n) is 7.33. The van der Waals surface area contributed by atoms with Crippen molar-refractivity contribution in [1.29, 1.82) is 0 Å². The molecule has 6 rings (SSSR count). The van der Waals surface area contributed by atoms with Crippen LogP contribution in [0.4, 0.5) is 13.2 Å². The number of benzene rings is 1. The van der Waals surface area contributed by atoms with Crippen LogP contribution in [0.3, 0.4) is 0 Å². The first kappa shape index (κ1) is 28.5. The Labute approximate surface area is 248 Å². The SMILES string of the molecule is COc1cnc(-n2ccc(-c3c#ccc(C(F)(F)F)c3)n2)c2[nH]cc(C(=O)C(=O)N3CCN(C(=O)c4ccccc4)CC3)c12. The van der Waals surface area contributed by atoms with E-state index in [1.54, 1.807) is 29.2 Å². The van der Waals surface area contributed by atoms with Gasteiger partial charge in [0.05, 0.1) is 40.9 Å². The van der Waals surface area contributed by atoms with Gasteiger partial charge in [0.2, 0.25) is 0 Å². The highest BCUT2D eigenvalue weighted by Gasteiger charge is 2.32. The van der Waals surface area contributed by atoms with Crippen molar-refractivity contribution >= 4 is 28.5 Å². The summed E-state index contributed by atoms with van der Waals surface area (Å²) in [5.74, 6) is -1.19. The van der Waals surface area contributed by atoms with Gasteiger partial charge in [-0.3, -0.25) is 14.4 Å². The van der Waals surface area contributed by atoms with Crippen LogP contribution >= 0.6 is 0 Å². The minimum absolute atomic E-state index is 0.0569. The van der Waals surface area contributed by atoms with Crippen LogP contribution < -0.4 is 4.74 Å². The van der Waals surface area contributed by atoms with E-state index in [-0.39, 0.29) is 60.5 Å². The first-order chi connectivity index (χ1) is 21.2. The lowest BCUT2D eigenvalue weighted by Crippen LogP contribution is -2.52. The van der Waals surface area contributed by atoms with Crippen molar-refractivity contribution in [3.63, 3.8) is 0 Å². The molecule has 1 aliphatic rings. The van der Waals surface area contributed by atoms with Crippen molar-refractivity contribution in [2.75, 3.05) is 33.3 Å². The van der Waals surface area contributed by atoms with Crippen LogP contribution in [-0.4, -0.2) is 80.4 Å². The number of aromatic amines is 1. The normalized spacial score (nSPS) is 13.5. The highest BCUT2D eigenvalue weighted by molar-refractivity contribution is 6.45. The number of carbonyl (C=O) groups is 3. The fraction of sp³-hybridized carbons (Fsp3) is 0.194. The number of aromatic nitrogens is 4. The average Bonchev–Trinajstić information content (AvgIpc) is 3.72. The number of piperazine rings is 1. The van der Waals surface area contributed by atoms with E-state index in [2.05, 4.69) is 27.2 Å². The summed E-state index contributed by atoms with van der Waals surface area (Å²) < 4.78 is 46.4. The Balaban J connectivity index is 1.24. The van der Waals surface area contributed by atoms with Gasteiger partial charge in [0.1, 0.15) is 11.4 Å². The lowest BCUT2D eigenvalue weighted by molar-refractivity contribution is -0.137. The molecule has 0 unspecified atom stereocenters. The average molecular weight is 601 g/mol. The largest absolute Gasteiger partial charge is 0.494 e. The second-order valence-corrected chi connectivity index (χ2v) is 9.95. The Hall–Kier alpha value is -5.64. The van der Waals surface area contributed by atoms with E-state index in [0.29, 0.717) is 16.5 Å². The van der Waals surface area contributed by atoms with Crippen molar-refractivity contribution < 1.29 is 32.3 Å². The summed E-state index contributed by atoms with van der Waals surface area (Å²) in [5, 5.41) is 4.66. The summed E-state index contributed by atoms with van der Waals surface area (Å²) in [7, 11) is 1.40. The molecule has 0 spiro atoms. The van der Waals surface area contributed by atoms with Gasteiger partial charge in [0.15, 0.2) is 5.82 Å². The Bertz CT molecular complexity index is 1870. The molecule has 0 saturated carbocycles. The summed E-state index contributed by atoms with van der Waals surface area (Å²) in [6, 6.07) is 17.1. The zero-order chi connectivity index (χ0) is 31.0. The third-order valence-corrected chi connectivity index (χ3v) is 7.33. The minimum Gasteiger partial charge on any atom is -0.494 e. The Kier molecular flexibility index (Phi) is 7.26. The molecule has 5 aromatic rings. The Morgan fingerprint density at radius 1 is 1.02 bits per heavy atom. The molecule has 1 fully saturated rings. The number of carbonyl (C=O) groups excluding carboxylic acids is 3. The number of hydrogen-bond donors (Lipinski definition) is 1. The number of pyridine rings is 1. The predicted octanol–water partition coefficient (Wildman–Crippen LogP) is 4.21. The molecular formula is C31H23F3N6O4. The number of fused-ring (bicyclic) bond motifs is 1. The van der Waals surface area contributed by atoms with E-state index in [9.17, 15) is 27.6 Å². The number of halogens is 3. The highest BCUT2D eigenvalue weighted by atomic mass is 19.4. The molecule has 2 amide bonds. The molecule has 222 valence electrons. The molecule has 1 saturated heterocycles. The van der Waals surface area contributed by atoms with E-state index in [0.717, 1.165) is 12.1 Å². The number of hydrogen-bond acceptors (Lipinski definition) is 6. The van der Waals surface area contributed by atoms with E-state index in [4.69, 9.17) is 4.74 Å². The molecule has 13 heteroatoms. The molecular weight excluding hydrogens is 577 g/mol. The van der Waals surface area contributed by atoms with E-state index in [1.165, 1.54) is 41.3 Å². The van der Waals surface area contributed by atoms with Gasteiger partial charge >= 0.3 is 6.18 Å². The Morgan fingerprint density at radius 2 is 1.75 bits per heavy atom. The summed E-state index contributed by atoms with van der Waals surface area (Å²) >= 11 is 0. The molecule has 1 N–H and O–H groups in total. The molecule has 3 aromatic heterocycles. The number of alkyl halides is 3. The number of H-pyrrole nitrogens is 1. The van der Waals surface area contributed by atoms with E-state index < -0.39 is 23.4 Å². The number of nitrogens with zero attached hydrogens (tertiary/aromatic N) is 5. The monoisotopic (exact) mass is 600 g/mol. The van der Waals surface area contributed by atoms with Gasteiger partial charge < -0.3 is 19.5 Å². The summed E-state index contributed by atoms with van der Waals surface area (Å²) in [6.45, 7) is 0.937. The number of amides is 2. The second kappa shape index (κ2) is 11.2. The maximum atomic E-state index is 13.5. The standard InChI is InChI=1S/C31H23F3N6O4/c1-44-24-18-36-28(40-11-10-23(37-40)20-8-5-9-21(16-20)31(32,33)34)26-25(24)22(17-35-26)27(41)30(43)39-14-12-38(13-15-39)29(42)19-6-3-2-4-7-19/h2-4,6-7,9-11,16-18,35H,12-15H2,1H3. The molecule has 0 bridgehead atoms. The smallest absolute Gasteiger partial charge is 0.417 e. The van der Waals surface area contributed by atoms with Gasteiger partial charge in [-0.1, -0.05) is 30.3 Å². The molecule has 44 heavy (non-hydrogen) atoms. The number of methoxy groups -OCH3 is 1. The van der Waals surface area contributed by atoms with Gasteiger partial charge in [0.25, 0.3) is 17.6 Å². The second-order valence-electron chi connectivity index (χ2n) is 9.95. The summed E-state index contributed by atoms with van der Waals surface area (Å²) in [5.41, 5.74) is 0.332. The van der Waals surface area contributed by atoms with Crippen LogP contribution in [0.1, 0.15) is 26.3 Å². The zero-order valence-corrected chi connectivity index (χ0v) is 23.2. The minimum atomic E-state index is -4.55. The van der Waals surface area contributed by atoms with Crippen LogP contribution in [-0.2, 0) is 11.0 Å².